The van der Waals surface area contributed by atoms with Gasteiger partial charge in [-0.1, -0.05) is 12.1 Å². The summed E-state index contributed by atoms with van der Waals surface area (Å²) in [5, 5.41) is 0. The van der Waals surface area contributed by atoms with Crippen LogP contribution in [0.15, 0.2) is 18.2 Å². The number of benzene rings is 1. The summed E-state index contributed by atoms with van der Waals surface area (Å²) in [7, 11) is 4.39. The highest BCUT2D eigenvalue weighted by molar-refractivity contribution is 5.58. The summed E-state index contributed by atoms with van der Waals surface area (Å²) in [5.74, 6) is 0.916. The van der Waals surface area contributed by atoms with Gasteiger partial charge in [0.1, 0.15) is 0 Å². The second-order valence-corrected chi connectivity index (χ2v) is 6.19. The maximum atomic E-state index is 6.02. The van der Waals surface area contributed by atoms with E-state index in [0.29, 0.717) is 12.6 Å². The predicted octanol–water partition coefficient (Wildman–Crippen LogP) is 2.02. The van der Waals surface area contributed by atoms with Crippen LogP contribution in [0, 0.1) is 5.92 Å². The first-order chi connectivity index (χ1) is 9.19. The molecule has 2 N–H and O–H groups in total. The molecular weight excluding hydrogens is 234 g/mol. The Labute approximate surface area is 116 Å². The number of hydrogen-bond donors (Lipinski definition) is 1. The molecule has 1 aliphatic carbocycles. The zero-order valence-corrected chi connectivity index (χ0v) is 12.1. The van der Waals surface area contributed by atoms with Gasteiger partial charge in [0.05, 0.1) is 0 Å². The maximum absolute atomic E-state index is 6.02. The number of fused-ring (bicyclic) bond motifs is 1. The lowest BCUT2D eigenvalue weighted by atomic mass is 10.0. The molecule has 0 aromatic heterocycles. The largest absolute Gasteiger partial charge is 0.374 e. The van der Waals surface area contributed by atoms with Crippen molar-refractivity contribution < 1.29 is 0 Å². The summed E-state index contributed by atoms with van der Waals surface area (Å²) in [6.45, 7) is 3.04. The zero-order chi connectivity index (χ0) is 13.4. The molecule has 1 heterocycles. The topological polar surface area (TPSA) is 32.5 Å². The van der Waals surface area contributed by atoms with Gasteiger partial charge in [-0.15, -0.1) is 0 Å². The number of likely N-dealkylation sites (N-methyl/N-ethyl adjacent to an activating group) is 2. The molecule has 2 aliphatic rings. The van der Waals surface area contributed by atoms with E-state index in [1.54, 1.807) is 0 Å². The first kappa shape index (κ1) is 12.9. The van der Waals surface area contributed by atoms with E-state index in [1.807, 2.05) is 0 Å². The second-order valence-electron chi connectivity index (χ2n) is 6.19. The molecule has 3 rings (SSSR count). The summed E-state index contributed by atoms with van der Waals surface area (Å²) < 4.78 is 0. The summed E-state index contributed by atoms with van der Waals surface area (Å²) in [6.07, 6.45) is 3.97. The molecule has 1 aromatic carbocycles. The molecule has 104 valence electrons. The number of nitrogens with two attached hydrogens (primary N) is 1. The van der Waals surface area contributed by atoms with Crippen LogP contribution in [0.2, 0.25) is 0 Å². The fraction of sp³-hybridized carbons (Fsp3) is 0.625. The van der Waals surface area contributed by atoms with Gasteiger partial charge in [-0.25, -0.2) is 0 Å². The van der Waals surface area contributed by atoms with Crippen molar-refractivity contribution in [3.05, 3.63) is 29.3 Å². The van der Waals surface area contributed by atoms with Crippen LogP contribution < -0.4 is 10.6 Å². The third kappa shape index (κ3) is 2.63. The highest BCUT2D eigenvalue weighted by Gasteiger charge is 2.27. The quantitative estimate of drug-likeness (QED) is 0.878. The number of nitrogens with zero attached hydrogens (tertiary/aromatic N) is 2. The molecule has 19 heavy (non-hydrogen) atoms. The lowest BCUT2D eigenvalue weighted by Gasteiger charge is -2.28. The number of hydrogen-bond acceptors (Lipinski definition) is 3. The van der Waals surface area contributed by atoms with Crippen LogP contribution in [0.1, 0.15) is 30.0 Å². The first-order valence-corrected chi connectivity index (χ1v) is 7.43. The van der Waals surface area contributed by atoms with Gasteiger partial charge in [-0.3, -0.25) is 4.90 Å². The van der Waals surface area contributed by atoms with E-state index in [0.717, 1.165) is 12.5 Å². The Kier molecular flexibility index (Phi) is 3.50. The summed E-state index contributed by atoms with van der Waals surface area (Å²) in [5.41, 5.74) is 10.3. The summed E-state index contributed by atoms with van der Waals surface area (Å²) in [4.78, 5) is 4.78. The van der Waals surface area contributed by atoms with Gasteiger partial charge in [0, 0.05) is 38.4 Å². The molecule has 3 nitrogen and oxygen atoms in total. The van der Waals surface area contributed by atoms with Crippen LogP contribution in [0.3, 0.4) is 0 Å². The van der Waals surface area contributed by atoms with Gasteiger partial charge in [0.15, 0.2) is 0 Å². The lowest BCUT2D eigenvalue weighted by molar-refractivity contribution is 0.240. The lowest BCUT2D eigenvalue weighted by Crippen LogP contribution is -2.32. The molecule has 1 saturated carbocycles. The highest BCUT2D eigenvalue weighted by Crippen LogP contribution is 2.34. The Bertz CT molecular complexity index is 453. The fourth-order valence-corrected chi connectivity index (χ4v) is 3.20. The van der Waals surface area contributed by atoms with Crippen LogP contribution in [-0.2, 0) is 6.42 Å². The van der Waals surface area contributed by atoms with Crippen LogP contribution >= 0.6 is 0 Å². The van der Waals surface area contributed by atoms with Gasteiger partial charge in [-0.05, 0) is 49.4 Å². The predicted molar refractivity (Wildman–Crippen MR) is 80.6 cm³/mol. The van der Waals surface area contributed by atoms with E-state index in [9.17, 15) is 0 Å². The van der Waals surface area contributed by atoms with Crippen molar-refractivity contribution in [2.45, 2.75) is 25.3 Å². The Morgan fingerprint density at radius 3 is 2.89 bits per heavy atom. The Morgan fingerprint density at radius 2 is 2.21 bits per heavy atom. The van der Waals surface area contributed by atoms with Crippen molar-refractivity contribution in [3.63, 3.8) is 0 Å². The standard InChI is InChI=1S/C16H25N3/c1-18-8-7-14-9-13(5-6-15(14)18)16(10-17)19(2)11-12-3-4-12/h5-6,9,12,16H,3-4,7-8,10-11,17H2,1-2H3. The van der Waals surface area contributed by atoms with Crippen LogP contribution in [-0.4, -0.2) is 38.6 Å². The van der Waals surface area contributed by atoms with Gasteiger partial charge in [0.2, 0.25) is 0 Å². The van der Waals surface area contributed by atoms with Crippen LogP contribution in [0.4, 0.5) is 5.69 Å². The van der Waals surface area contributed by atoms with E-state index < -0.39 is 0 Å². The molecule has 1 aromatic rings. The second kappa shape index (κ2) is 5.14. The fourth-order valence-electron chi connectivity index (χ4n) is 3.20. The van der Waals surface area contributed by atoms with Crippen molar-refractivity contribution in [3.8, 4) is 0 Å². The minimum absolute atomic E-state index is 0.372. The van der Waals surface area contributed by atoms with Gasteiger partial charge in [0.25, 0.3) is 0 Å². The van der Waals surface area contributed by atoms with Crippen molar-refractivity contribution >= 4 is 5.69 Å². The Hall–Kier alpha value is -1.06. The molecule has 1 atom stereocenters. The maximum Gasteiger partial charge on any atom is 0.0467 e. The Morgan fingerprint density at radius 1 is 1.42 bits per heavy atom. The van der Waals surface area contributed by atoms with E-state index in [2.05, 4.69) is 42.1 Å². The van der Waals surface area contributed by atoms with E-state index in [-0.39, 0.29) is 0 Å². The molecule has 3 heteroatoms. The third-order valence-electron chi connectivity index (χ3n) is 4.61. The summed E-state index contributed by atoms with van der Waals surface area (Å²) in [6, 6.07) is 7.28. The minimum Gasteiger partial charge on any atom is -0.374 e. The smallest absolute Gasteiger partial charge is 0.0467 e. The monoisotopic (exact) mass is 259 g/mol. The summed E-state index contributed by atoms with van der Waals surface area (Å²) >= 11 is 0. The van der Waals surface area contributed by atoms with E-state index >= 15 is 0 Å². The van der Waals surface area contributed by atoms with Gasteiger partial charge >= 0.3 is 0 Å². The molecule has 1 fully saturated rings. The number of rotatable bonds is 5. The van der Waals surface area contributed by atoms with Gasteiger partial charge < -0.3 is 10.6 Å². The molecular formula is C16H25N3. The molecule has 0 saturated heterocycles. The van der Waals surface area contributed by atoms with E-state index in [4.69, 9.17) is 5.73 Å². The number of anilines is 1. The molecule has 1 unspecified atom stereocenters. The van der Waals surface area contributed by atoms with E-state index in [1.165, 1.54) is 42.6 Å². The van der Waals surface area contributed by atoms with Crippen LogP contribution in [0.5, 0.6) is 0 Å². The normalized spacial score (nSPS) is 19.9. The molecule has 0 radical (unpaired) electrons. The first-order valence-electron chi connectivity index (χ1n) is 7.43. The van der Waals surface area contributed by atoms with Crippen molar-refractivity contribution in [2.75, 3.05) is 38.6 Å². The molecule has 0 bridgehead atoms. The van der Waals surface area contributed by atoms with Crippen molar-refractivity contribution in [1.29, 1.82) is 0 Å². The SMILES string of the molecule is CN1CCc2cc(C(CN)N(C)CC3CC3)ccc21. The average molecular weight is 259 g/mol. The third-order valence-corrected chi connectivity index (χ3v) is 4.61. The molecule has 1 aliphatic heterocycles. The minimum atomic E-state index is 0.372. The zero-order valence-electron chi connectivity index (χ0n) is 12.1. The Balaban J connectivity index is 1.79. The van der Waals surface area contributed by atoms with Crippen molar-refractivity contribution in [2.24, 2.45) is 11.7 Å². The average Bonchev–Trinajstić information content (AvgIpc) is 3.13. The molecule has 0 spiro atoms. The van der Waals surface area contributed by atoms with Crippen molar-refractivity contribution in [1.82, 2.24) is 4.90 Å². The molecule has 0 amide bonds. The highest BCUT2D eigenvalue weighted by atomic mass is 15.1. The van der Waals surface area contributed by atoms with Crippen LogP contribution in [0.25, 0.3) is 0 Å². The van der Waals surface area contributed by atoms with Gasteiger partial charge in [-0.2, -0.15) is 0 Å².